The third kappa shape index (κ3) is 5.39. The van der Waals surface area contributed by atoms with Crippen molar-refractivity contribution in [3.05, 3.63) is 48.4 Å². The molecule has 0 spiro atoms. The molecule has 2 N–H and O–H groups in total. The van der Waals surface area contributed by atoms with Gasteiger partial charge >= 0.3 is 6.03 Å². The van der Waals surface area contributed by atoms with Gasteiger partial charge in [0.15, 0.2) is 5.82 Å². The largest absolute Gasteiger partial charge is 0.378 e. The lowest BCUT2D eigenvalue weighted by Gasteiger charge is -2.29. The van der Waals surface area contributed by atoms with Gasteiger partial charge in [-0.15, -0.1) is 0 Å². The fraction of sp³-hybridized carbons (Fsp3) is 0.333. The van der Waals surface area contributed by atoms with E-state index in [2.05, 4.69) is 30.5 Å². The van der Waals surface area contributed by atoms with Crippen molar-refractivity contribution in [2.75, 3.05) is 66.5 Å². The molecular formula is C24H26N8O4. The first-order valence-electron chi connectivity index (χ1n) is 11.6. The minimum Gasteiger partial charge on any atom is -0.378 e. The molecule has 4 heterocycles. The topological polar surface area (TPSA) is 135 Å². The molecule has 36 heavy (non-hydrogen) atoms. The van der Waals surface area contributed by atoms with Crippen LogP contribution in [0.1, 0.15) is 5.56 Å². The summed E-state index contributed by atoms with van der Waals surface area (Å²) in [4.78, 5) is 45.8. The molecule has 2 fully saturated rings. The third-order valence-electron chi connectivity index (χ3n) is 5.81. The van der Waals surface area contributed by atoms with E-state index in [4.69, 9.17) is 14.5 Å². The van der Waals surface area contributed by atoms with E-state index in [1.54, 1.807) is 47.8 Å². The average Bonchev–Trinajstić information content (AvgIpc) is 2.91. The highest BCUT2D eigenvalue weighted by Crippen LogP contribution is 2.23. The van der Waals surface area contributed by atoms with Gasteiger partial charge in [-0.05, 0) is 31.2 Å². The minimum absolute atomic E-state index is 0.0757. The summed E-state index contributed by atoms with van der Waals surface area (Å²) in [5.74, 6) is 1.44. The van der Waals surface area contributed by atoms with Crippen molar-refractivity contribution in [3.63, 3.8) is 0 Å². The number of amides is 3. The van der Waals surface area contributed by atoms with E-state index in [0.29, 0.717) is 43.4 Å². The third-order valence-corrected chi connectivity index (χ3v) is 5.81. The van der Waals surface area contributed by atoms with Gasteiger partial charge in [0.1, 0.15) is 12.4 Å². The second kappa shape index (κ2) is 10.6. The van der Waals surface area contributed by atoms with Crippen LogP contribution >= 0.6 is 0 Å². The van der Waals surface area contributed by atoms with Crippen molar-refractivity contribution >= 4 is 35.1 Å². The quantitative estimate of drug-likeness (QED) is 0.551. The molecule has 0 bridgehead atoms. The summed E-state index contributed by atoms with van der Waals surface area (Å²) in [6.07, 6.45) is 4.93. The monoisotopic (exact) mass is 490 g/mol. The molecule has 186 valence electrons. The van der Waals surface area contributed by atoms with Crippen LogP contribution in [0.4, 0.5) is 27.9 Å². The lowest BCUT2D eigenvalue weighted by atomic mass is 10.2. The zero-order chi connectivity index (χ0) is 24.9. The number of carbonyl (C=O) groups is 2. The predicted octanol–water partition coefficient (Wildman–Crippen LogP) is 2.09. The molecular weight excluding hydrogens is 464 g/mol. The van der Waals surface area contributed by atoms with Gasteiger partial charge < -0.3 is 24.6 Å². The van der Waals surface area contributed by atoms with E-state index in [-0.39, 0.29) is 18.5 Å². The molecule has 2 saturated heterocycles. The molecule has 12 heteroatoms. The van der Waals surface area contributed by atoms with Gasteiger partial charge in [-0.3, -0.25) is 10.1 Å². The SMILES string of the molecule is Cc1cnc(-c2cnc(NC(=O)Nc3ccc(N4CCOCC4=O)cc3)nc2)nc1N1CCOCC1. The summed E-state index contributed by atoms with van der Waals surface area (Å²) < 4.78 is 10.6. The Labute approximate surface area is 207 Å². The number of aryl methyl sites for hydroxylation is 1. The van der Waals surface area contributed by atoms with E-state index in [1.807, 2.05) is 6.92 Å². The highest BCUT2D eigenvalue weighted by molar-refractivity contribution is 5.99. The number of nitrogens with one attached hydrogen (secondary N) is 2. The van der Waals surface area contributed by atoms with E-state index in [9.17, 15) is 9.59 Å². The number of hydrogen-bond acceptors (Lipinski definition) is 9. The van der Waals surface area contributed by atoms with Crippen LogP contribution in [-0.4, -0.2) is 77.9 Å². The van der Waals surface area contributed by atoms with Crippen molar-refractivity contribution in [3.8, 4) is 11.4 Å². The Balaban J connectivity index is 1.20. The normalized spacial score (nSPS) is 16.1. The van der Waals surface area contributed by atoms with Crippen LogP contribution in [0.5, 0.6) is 0 Å². The van der Waals surface area contributed by atoms with E-state index < -0.39 is 6.03 Å². The standard InChI is InChI=1S/C24H26N8O4/c1-16-12-25-21(29-22(16)31-6-9-35-10-7-31)17-13-26-23(27-14-17)30-24(34)28-18-2-4-19(5-3-18)32-8-11-36-15-20(32)33/h2-5,12-14H,6-11,15H2,1H3,(H2,26,27,28,30,34). The van der Waals surface area contributed by atoms with Crippen LogP contribution in [0.3, 0.4) is 0 Å². The van der Waals surface area contributed by atoms with E-state index in [1.165, 1.54) is 0 Å². The predicted molar refractivity (Wildman–Crippen MR) is 133 cm³/mol. The van der Waals surface area contributed by atoms with Crippen LogP contribution in [0.2, 0.25) is 0 Å². The molecule has 3 amide bonds. The molecule has 0 atom stereocenters. The van der Waals surface area contributed by atoms with Gasteiger partial charge in [-0.1, -0.05) is 0 Å². The lowest BCUT2D eigenvalue weighted by molar-refractivity contribution is -0.125. The number of carbonyl (C=O) groups excluding carboxylic acids is 2. The Morgan fingerprint density at radius 1 is 0.917 bits per heavy atom. The summed E-state index contributed by atoms with van der Waals surface area (Å²) >= 11 is 0. The van der Waals surface area contributed by atoms with E-state index in [0.717, 1.165) is 30.2 Å². The number of ether oxygens (including phenoxy) is 2. The molecule has 1 aromatic carbocycles. The molecule has 5 rings (SSSR count). The zero-order valence-electron chi connectivity index (χ0n) is 19.8. The Kier molecular flexibility index (Phi) is 6.96. The molecule has 0 aliphatic carbocycles. The first-order valence-corrected chi connectivity index (χ1v) is 11.6. The second-order valence-corrected chi connectivity index (χ2v) is 8.32. The smallest absolute Gasteiger partial charge is 0.326 e. The van der Waals surface area contributed by atoms with Gasteiger partial charge in [0.2, 0.25) is 5.95 Å². The highest BCUT2D eigenvalue weighted by Gasteiger charge is 2.20. The number of rotatable bonds is 5. The summed E-state index contributed by atoms with van der Waals surface area (Å²) in [6.45, 7) is 5.95. The van der Waals surface area contributed by atoms with Crippen molar-refractivity contribution in [2.24, 2.45) is 0 Å². The molecule has 0 unspecified atom stereocenters. The van der Waals surface area contributed by atoms with Gasteiger partial charge in [-0.25, -0.2) is 24.7 Å². The summed E-state index contributed by atoms with van der Waals surface area (Å²) in [5, 5.41) is 5.34. The zero-order valence-corrected chi connectivity index (χ0v) is 19.8. The van der Waals surface area contributed by atoms with Crippen LogP contribution in [0.15, 0.2) is 42.9 Å². The Morgan fingerprint density at radius 3 is 2.36 bits per heavy atom. The van der Waals surface area contributed by atoms with Crippen molar-refractivity contribution < 1.29 is 19.1 Å². The van der Waals surface area contributed by atoms with Gasteiger partial charge in [0.05, 0.1) is 25.4 Å². The Hall–Kier alpha value is -4.16. The number of hydrogen-bond donors (Lipinski definition) is 2. The highest BCUT2D eigenvalue weighted by atomic mass is 16.5. The lowest BCUT2D eigenvalue weighted by Crippen LogP contribution is -2.41. The maximum absolute atomic E-state index is 12.4. The maximum Gasteiger partial charge on any atom is 0.326 e. The van der Waals surface area contributed by atoms with Crippen LogP contribution in [-0.2, 0) is 14.3 Å². The van der Waals surface area contributed by atoms with Crippen LogP contribution < -0.4 is 20.4 Å². The number of morpholine rings is 2. The molecule has 2 aliphatic rings. The fourth-order valence-electron chi connectivity index (χ4n) is 3.96. The number of nitrogens with zero attached hydrogens (tertiary/aromatic N) is 6. The first-order chi connectivity index (χ1) is 17.6. The first kappa shape index (κ1) is 23.6. The van der Waals surface area contributed by atoms with Gasteiger partial charge in [0.25, 0.3) is 5.91 Å². The van der Waals surface area contributed by atoms with Gasteiger partial charge in [-0.2, -0.15) is 0 Å². The van der Waals surface area contributed by atoms with Crippen LogP contribution in [0, 0.1) is 6.92 Å². The molecule has 2 aromatic heterocycles. The fourth-order valence-corrected chi connectivity index (χ4v) is 3.96. The van der Waals surface area contributed by atoms with Crippen LogP contribution in [0.25, 0.3) is 11.4 Å². The Bertz CT molecular complexity index is 1230. The molecule has 2 aliphatic heterocycles. The Morgan fingerprint density at radius 2 is 1.64 bits per heavy atom. The summed E-state index contributed by atoms with van der Waals surface area (Å²) in [5.41, 5.74) is 2.95. The molecule has 0 radical (unpaired) electrons. The maximum atomic E-state index is 12.4. The van der Waals surface area contributed by atoms with Crippen molar-refractivity contribution in [1.29, 1.82) is 0 Å². The summed E-state index contributed by atoms with van der Waals surface area (Å²) in [7, 11) is 0. The van der Waals surface area contributed by atoms with E-state index >= 15 is 0 Å². The van der Waals surface area contributed by atoms with Crippen molar-refractivity contribution in [2.45, 2.75) is 6.92 Å². The molecule has 0 saturated carbocycles. The number of anilines is 4. The minimum atomic E-state index is -0.487. The number of benzene rings is 1. The number of urea groups is 1. The molecule has 12 nitrogen and oxygen atoms in total. The number of aromatic nitrogens is 4. The second-order valence-electron chi connectivity index (χ2n) is 8.32. The summed E-state index contributed by atoms with van der Waals surface area (Å²) in [6, 6.07) is 6.51. The average molecular weight is 491 g/mol. The van der Waals surface area contributed by atoms with Gasteiger partial charge in [0, 0.05) is 55.2 Å². The van der Waals surface area contributed by atoms with Crippen molar-refractivity contribution in [1.82, 2.24) is 19.9 Å². The molecule has 3 aromatic rings.